The first kappa shape index (κ1) is 14.4. The van der Waals surface area contributed by atoms with Crippen molar-refractivity contribution < 1.29 is 9.90 Å². The van der Waals surface area contributed by atoms with Crippen molar-refractivity contribution in [2.75, 3.05) is 0 Å². The second-order valence-electron chi connectivity index (χ2n) is 4.74. The Kier molecular flexibility index (Phi) is 4.07. The average molecular weight is 275 g/mol. The van der Waals surface area contributed by atoms with Gasteiger partial charge in [0.1, 0.15) is 0 Å². The highest BCUT2D eigenvalue weighted by molar-refractivity contribution is 5.85. The van der Waals surface area contributed by atoms with Gasteiger partial charge in [-0.3, -0.25) is 4.79 Å². The van der Waals surface area contributed by atoms with E-state index in [4.69, 9.17) is 5.26 Å². The molecular formula is C18H13NO2. The first-order chi connectivity index (χ1) is 10.1. The van der Waals surface area contributed by atoms with Gasteiger partial charge >= 0.3 is 5.97 Å². The molecule has 0 aliphatic heterocycles. The van der Waals surface area contributed by atoms with Crippen molar-refractivity contribution in [3.8, 4) is 17.9 Å². The molecular weight excluding hydrogens is 262 g/mol. The highest BCUT2D eigenvalue weighted by Gasteiger charge is 2.33. The topological polar surface area (TPSA) is 61.1 Å². The molecule has 0 aliphatic carbocycles. The summed E-state index contributed by atoms with van der Waals surface area (Å²) in [6.07, 6.45) is 0. The molecule has 2 aromatic rings. The fourth-order valence-corrected chi connectivity index (χ4v) is 1.87. The predicted octanol–water partition coefficient (Wildman–Crippen LogP) is 2.95. The first-order valence-corrected chi connectivity index (χ1v) is 6.38. The lowest BCUT2D eigenvalue weighted by Crippen LogP contribution is -2.30. The van der Waals surface area contributed by atoms with Gasteiger partial charge in [0.2, 0.25) is 0 Å². The largest absolute Gasteiger partial charge is 0.480 e. The predicted molar refractivity (Wildman–Crippen MR) is 79.5 cm³/mol. The second kappa shape index (κ2) is 5.94. The number of rotatable bonds is 2. The number of aliphatic carboxylic acids is 1. The molecule has 0 fully saturated rings. The lowest BCUT2D eigenvalue weighted by atomic mass is 9.82. The van der Waals surface area contributed by atoms with E-state index in [1.807, 2.05) is 36.4 Å². The van der Waals surface area contributed by atoms with Crippen molar-refractivity contribution in [3.63, 3.8) is 0 Å². The van der Waals surface area contributed by atoms with Gasteiger partial charge in [-0.15, -0.1) is 0 Å². The molecule has 1 atom stereocenters. The van der Waals surface area contributed by atoms with E-state index in [2.05, 4.69) is 11.8 Å². The molecule has 21 heavy (non-hydrogen) atoms. The molecule has 1 unspecified atom stereocenters. The standard InChI is InChI=1S/C18H13NO2/c1-18(17(20)21,11-10-14-6-3-2-4-7-14)16-9-5-8-15(12-16)13-19/h2-9,12H,1H3,(H,20,21). The summed E-state index contributed by atoms with van der Waals surface area (Å²) in [5.41, 5.74) is 0.309. The third-order valence-electron chi connectivity index (χ3n) is 3.23. The number of carboxylic acid groups (broad SMARTS) is 1. The third kappa shape index (κ3) is 3.11. The Hall–Kier alpha value is -3.04. The molecule has 0 spiro atoms. The highest BCUT2D eigenvalue weighted by Crippen LogP contribution is 2.24. The SMILES string of the molecule is CC(C#Cc1ccccc1)(C(=O)O)c1cccc(C#N)c1. The molecule has 0 saturated heterocycles. The van der Waals surface area contributed by atoms with Crippen LogP contribution in [0.15, 0.2) is 54.6 Å². The van der Waals surface area contributed by atoms with Crippen molar-refractivity contribution in [1.29, 1.82) is 5.26 Å². The lowest BCUT2D eigenvalue weighted by Gasteiger charge is -2.19. The molecule has 2 rings (SSSR count). The third-order valence-corrected chi connectivity index (χ3v) is 3.23. The molecule has 0 bridgehead atoms. The smallest absolute Gasteiger partial charge is 0.326 e. The number of carbonyl (C=O) groups is 1. The molecule has 2 aromatic carbocycles. The van der Waals surface area contributed by atoms with E-state index in [1.165, 1.54) is 0 Å². The molecule has 0 aromatic heterocycles. The fourth-order valence-electron chi connectivity index (χ4n) is 1.87. The number of benzene rings is 2. The Morgan fingerprint density at radius 3 is 2.38 bits per heavy atom. The maximum atomic E-state index is 11.7. The van der Waals surface area contributed by atoms with Crippen molar-refractivity contribution in [1.82, 2.24) is 0 Å². The lowest BCUT2D eigenvalue weighted by molar-refractivity contribution is -0.140. The Bertz CT molecular complexity index is 763. The zero-order chi connectivity index (χ0) is 15.3. The molecule has 1 N–H and O–H groups in total. The number of nitriles is 1. The van der Waals surface area contributed by atoms with Crippen LogP contribution in [0, 0.1) is 23.2 Å². The van der Waals surface area contributed by atoms with Crippen molar-refractivity contribution >= 4 is 5.97 Å². The van der Waals surface area contributed by atoms with E-state index in [1.54, 1.807) is 31.2 Å². The molecule has 102 valence electrons. The fraction of sp³-hybridized carbons (Fsp3) is 0.111. The maximum Gasteiger partial charge on any atom is 0.326 e. The number of carboxylic acids is 1. The van der Waals surface area contributed by atoms with E-state index in [0.717, 1.165) is 5.56 Å². The van der Waals surface area contributed by atoms with Crippen LogP contribution in [0.4, 0.5) is 0 Å². The van der Waals surface area contributed by atoms with Crippen LogP contribution in [0.25, 0.3) is 0 Å². The van der Waals surface area contributed by atoms with Crippen molar-refractivity contribution in [2.24, 2.45) is 0 Å². The molecule has 0 heterocycles. The van der Waals surface area contributed by atoms with Crippen LogP contribution in [-0.4, -0.2) is 11.1 Å². The minimum absolute atomic E-state index is 0.418. The van der Waals surface area contributed by atoms with Gasteiger partial charge in [0.05, 0.1) is 11.6 Å². The van der Waals surface area contributed by atoms with Gasteiger partial charge in [-0.2, -0.15) is 5.26 Å². The summed E-state index contributed by atoms with van der Waals surface area (Å²) in [5, 5.41) is 18.5. The number of nitrogens with zero attached hydrogens (tertiary/aromatic N) is 1. The quantitative estimate of drug-likeness (QED) is 0.857. The Labute approximate surface area is 123 Å². The van der Waals surface area contributed by atoms with E-state index in [-0.39, 0.29) is 0 Å². The van der Waals surface area contributed by atoms with Crippen LogP contribution in [-0.2, 0) is 10.2 Å². The molecule has 0 saturated carbocycles. The normalized spacial score (nSPS) is 12.4. The van der Waals surface area contributed by atoms with E-state index < -0.39 is 11.4 Å². The van der Waals surface area contributed by atoms with Crippen LogP contribution in [0.5, 0.6) is 0 Å². The van der Waals surface area contributed by atoms with Crippen LogP contribution in [0.1, 0.15) is 23.6 Å². The molecule has 0 aliphatic rings. The zero-order valence-corrected chi connectivity index (χ0v) is 11.5. The van der Waals surface area contributed by atoms with Gasteiger partial charge in [0.15, 0.2) is 5.41 Å². The van der Waals surface area contributed by atoms with Gasteiger partial charge in [-0.25, -0.2) is 0 Å². The van der Waals surface area contributed by atoms with Crippen LogP contribution >= 0.6 is 0 Å². The Balaban J connectivity index is 2.49. The maximum absolute atomic E-state index is 11.7. The molecule has 0 amide bonds. The van der Waals surface area contributed by atoms with E-state index >= 15 is 0 Å². The highest BCUT2D eigenvalue weighted by atomic mass is 16.4. The number of hydrogen-bond acceptors (Lipinski definition) is 2. The van der Waals surface area contributed by atoms with Gasteiger partial charge in [0.25, 0.3) is 0 Å². The molecule has 3 nitrogen and oxygen atoms in total. The van der Waals surface area contributed by atoms with Crippen LogP contribution in [0.3, 0.4) is 0 Å². The van der Waals surface area contributed by atoms with Crippen molar-refractivity contribution in [3.05, 3.63) is 71.3 Å². The van der Waals surface area contributed by atoms with E-state index in [0.29, 0.717) is 11.1 Å². The first-order valence-electron chi connectivity index (χ1n) is 6.38. The van der Waals surface area contributed by atoms with Crippen LogP contribution < -0.4 is 0 Å². The second-order valence-corrected chi connectivity index (χ2v) is 4.74. The summed E-state index contributed by atoms with van der Waals surface area (Å²) in [5.74, 6) is 4.67. The van der Waals surface area contributed by atoms with Crippen LogP contribution in [0.2, 0.25) is 0 Å². The summed E-state index contributed by atoms with van der Waals surface area (Å²) in [7, 11) is 0. The minimum Gasteiger partial charge on any atom is -0.480 e. The molecule has 3 heteroatoms. The summed E-state index contributed by atoms with van der Waals surface area (Å²) in [6.45, 7) is 1.54. The zero-order valence-electron chi connectivity index (χ0n) is 11.5. The minimum atomic E-state index is -1.36. The van der Waals surface area contributed by atoms with Gasteiger partial charge < -0.3 is 5.11 Å². The summed E-state index contributed by atoms with van der Waals surface area (Å²) in [6, 6.07) is 17.8. The summed E-state index contributed by atoms with van der Waals surface area (Å²) < 4.78 is 0. The monoisotopic (exact) mass is 275 g/mol. The molecule has 0 radical (unpaired) electrons. The Morgan fingerprint density at radius 1 is 1.10 bits per heavy atom. The van der Waals surface area contributed by atoms with E-state index in [9.17, 15) is 9.90 Å². The van der Waals surface area contributed by atoms with Gasteiger partial charge in [0, 0.05) is 5.56 Å². The van der Waals surface area contributed by atoms with Crippen molar-refractivity contribution in [2.45, 2.75) is 12.3 Å². The van der Waals surface area contributed by atoms with Gasteiger partial charge in [-0.1, -0.05) is 42.2 Å². The van der Waals surface area contributed by atoms with Gasteiger partial charge in [-0.05, 0) is 36.8 Å². The average Bonchev–Trinajstić information content (AvgIpc) is 2.53. The Morgan fingerprint density at radius 2 is 1.76 bits per heavy atom. The number of hydrogen-bond donors (Lipinski definition) is 1. The summed E-state index contributed by atoms with van der Waals surface area (Å²) >= 11 is 0. The summed E-state index contributed by atoms with van der Waals surface area (Å²) in [4.78, 5) is 11.7.